The summed E-state index contributed by atoms with van der Waals surface area (Å²) >= 11 is 0. The summed E-state index contributed by atoms with van der Waals surface area (Å²) in [5.74, 6) is 0.0553. The van der Waals surface area contributed by atoms with Crippen LogP contribution in [0.25, 0.3) is 5.69 Å². The molecule has 0 radical (unpaired) electrons. The topological polar surface area (TPSA) is 63.9 Å². The highest BCUT2D eigenvalue weighted by atomic mass is 19.1. The van der Waals surface area contributed by atoms with E-state index in [-0.39, 0.29) is 12.2 Å². The lowest BCUT2D eigenvalue weighted by atomic mass is 10.2. The van der Waals surface area contributed by atoms with E-state index in [9.17, 15) is 14.3 Å². The van der Waals surface area contributed by atoms with Crippen LogP contribution in [0, 0.1) is 5.82 Å². The Hall–Kier alpha value is -3.32. The molecule has 0 bridgehead atoms. The summed E-state index contributed by atoms with van der Waals surface area (Å²) in [4.78, 5) is 14.9. The van der Waals surface area contributed by atoms with Gasteiger partial charge in [0.25, 0.3) is 5.56 Å². The Morgan fingerprint density at radius 2 is 1.71 bits per heavy atom. The van der Waals surface area contributed by atoms with Gasteiger partial charge in [-0.2, -0.15) is 0 Å². The van der Waals surface area contributed by atoms with E-state index in [0.29, 0.717) is 17.9 Å². The van der Waals surface area contributed by atoms with Crippen LogP contribution in [0.1, 0.15) is 18.4 Å². The van der Waals surface area contributed by atoms with Crippen LogP contribution in [0.2, 0.25) is 0 Å². The second-order valence-electron chi connectivity index (χ2n) is 7.54. The van der Waals surface area contributed by atoms with Crippen LogP contribution in [-0.4, -0.2) is 40.8 Å². The SMILES string of the molecule is O=c1cc(OCc2ccc(F)c(O)c2)ccn1-c1ccc(OCCN2CCCC2)cc1. The number of hydrogen-bond acceptors (Lipinski definition) is 5. The summed E-state index contributed by atoms with van der Waals surface area (Å²) in [6, 6.07) is 14.5. The van der Waals surface area contributed by atoms with Crippen LogP contribution in [0.4, 0.5) is 4.39 Å². The standard InChI is InChI=1S/C24H25FN2O4/c25-22-8-3-18(15-23(22)28)17-31-21-9-12-27(24(29)16-21)19-4-6-20(7-5-19)30-14-13-26-10-1-2-11-26/h3-9,12,15-16,28H,1-2,10-11,13-14,17H2. The number of phenolic OH excluding ortho intramolecular Hbond substituents is 1. The van der Waals surface area contributed by atoms with Crippen LogP contribution < -0.4 is 15.0 Å². The Balaban J connectivity index is 1.34. The molecule has 0 amide bonds. The summed E-state index contributed by atoms with van der Waals surface area (Å²) in [6.45, 7) is 3.99. The van der Waals surface area contributed by atoms with Gasteiger partial charge in [-0.3, -0.25) is 14.3 Å². The van der Waals surface area contributed by atoms with Gasteiger partial charge in [0.15, 0.2) is 11.6 Å². The normalized spacial score (nSPS) is 14.0. The lowest BCUT2D eigenvalue weighted by Crippen LogP contribution is -2.25. The minimum absolute atomic E-state index is 0.112. The zero-order valence-corrected chi connectivity index (χ0v) is 17.2. The average molecular weight is 424 g/mol. The molecule has 4 rings (SSSR count). The first-order valence-electron chi connectivity index (χ1n) is 10.4. The average Bonchev–Trinajstić information content (AvgIpc) is 3.29. The van der Waals surface area contributed by atoms with Crippen molar-refractivity contribution in [3.63, 3.8) is 0 Å². The highest BCUT2D eigenvalue weighted by molar-refractivity contribution is 5.38. The summed E-state index contributed by atoms with van der Waals surface area (Å²) < 4.78 is 26.0. The Bertz CT molecular complexity index is 1080. The predicted molar refractivity (Wildman–Crippen MR) is 116 cm³/mol. The van der Waals surface area contributed by atoms with Crippen molar-refractivity contribution in [2.45, 2.75) is 19.4 Å². The predicted octanol–water partition coefficient (Wildman–Crippen LogP) is 3.74. The van der Waals surface area contributed by atoms with Crippen molar-refractivity contribution in [2.24, 2.45) is 0 Å². The van der Waals surface area contributed by atoms with E-state index in [2.05, 4.69) is 4.90 Å². The minimum Gasteiger partial charge on any atom is -0.505 e. The van der Waals surface area contributed by atoms with E-state index in [1.54, 1.807) is 12.3 Å². The number of rotatable bonds is 8. The van der Waals surface area contributed by atoms with E-state index in [0.717, 1.165) is 31.1 Å². The van der Waals surface area contributed by atoms with E-state index in [1.807, 2.05) is 24.3 Å². The smallest absolute Gasteiger partial charge is 0.258 e. The Morgan fingerprint density at radius 3 is 2.42 bits per heavy atom. The lowest BCUT2D eigenvalue weighted by Gasteiger charge is -2.15. The molecule has 1 aromatic heterocycles. The third-order valence-electron chi connectivity index (χ3n) is 5.30. The number of pyridine rings is 1. The molecule has 1 saturated heterocycles. The molecule has 1 N–H and O–H groups in total. The minimum atomic E-state index is -0.686. The number of nitrogens with zero attached hydrogens (tertiary/aromatic N) is 2. The highest BCUT2D eigenvalue weighted by Gasteiger charge is 2.11. The Morgan fingerprint density at radius 1 is 0.935 bits per heavy atom. The number of halogens is 1. The summed E-state index contributed by atoms with van der Waals surface area (Å²) in [6.07, 6.45) is 4.18. The fraction of sp³-hybridized carbons (Fsp3) is 0.292. The molecule has 0 saturated carbocycles. The van der Waals surface area contributed by atoms with Gasteiger partial charge in [-0.25, -0.2) is 4.39 Å². The quantitative estimate of drug-likeness (QED) is 0.597. The molecular formula is C24H25FN2O4. The molecule has 6 nitrogen and oxygen atoms in total. The van der Waals surface area contributed by atoms with Gasteiger partial charge in [0.05, 0.1) is 0 Å². The highest BCUT2D eigenvalue weighted by Crippen LogP contribution is 2.19. The number of aromatic nitrogens is 1. The fourth-order valence-corrected chi connectivity index (χ4v) is 3.58. The van der Waals surface area contributed by atoms with Crippen molar-refractivity contribution < 1.29 is 19.0 Å². The Kier molecular flexibility index (Phi) is 6.52. The molecule has 1 aliphatic rings. The van der Waals surface area contributed by atoms with E-state index in [1.165, 1.54) is 41.7 Å². The monoisotopic (exact) mass is 424 g/mol. The number of ether oxygens (including phenoxy) is 2. The molecule has 1 aliphatic heterocycles. The van der Waals surface area contributed by atoms with Crippen LogP contribution >= 0.6 is 0 Å². The molecule has 2 aromatic carbocycles. The number of hydrogen-bond donors (Lipinski definition) is 1. The van der Waals surface area contributed by atoms with Gasteiger partial charge in [-0.05, 0) is 74.0 Å². The van der Waals surface area contributed by atoms with Gasteiger partial charge in [-0.15, -0.1) is 0 Å². The van der Waals surface area contributed by atoms with E-state index in [4.69, 9.17) is 9.47 Å². The number of benzene rings is 2. The molecule has 0 unspecified atom stereocenters. The van der Waals surface area contributed by atoms with E-state index >= 15 is 0 Å². The van der Waals surface area contributed by atoms with Crippen molar-refractivity contribution >= 4 is 0 Å². The van der Waals surface area contributed by atoms with Gasteiger partial charge in [0.1, 0.15) is 24.7 Å². The third-order valence-corrected chi connectivity index (χ3v) is 5.30. The lowest BCUT2D eigenvalue weighted by molar-refractivity contribution is 0.238. The first kappa shape index (κ1) is 20.9. The number of likely N-dealkylation sites (tertiary alicyclic amines) is 1. The van der Waals surface area contributed by atoms with Gasteiger partial charge >= 0.3 is 0 Å². The summed E-state index contributed by atoms with van der Waals surface area (Å²) in [5.41, 5.74) is 1.09. The van der Waals surface area contributed by atoms with Crippen molar-refractivity contribution in [2.75, 3.05) is 26.2 Å². The fourth-order valence-electron chi connectivity index (χ4n) is 3.58. The molecule has 0 atom stereocenters. The largest absolute Gasteiger partial charge is 0.505 e. The molecular weight excluding hydrogens is 399 g/mol. The van der Waals surface area contributed by atoms with Crippen molar-refractivity contribution in [1.82, 2.24) is 9.47 Å². The first-order valence-corrected chi connectivity index (χ1v) is 10.4. The molecule has 0 spiro atoms. The van der Waals surface area contributed by atoms with Gasteiger partial charge < -0.3 is 14.6 Å². The Labute approximate surface area is 180 Å². The third kappa shape index (κ3) is 5.44. The van der Waals surface area contributed by atoms with Crippen LogP contribution in [0.3, 0.4) is 0 Å². The van der Waals surface area contributed by atoms with Gasteiger partial charge in [-0.1, -0.05) is 6.07 Å². The maximum atomic E-state index is 13.1. The summed E-state index contributed by atoms with van der Waals surface area (Å²) in [7, 11) is 0. The van der Waals surface area contributed by atoms with Crippen LogP contribution in [0.5, 0.6) is 17.2 Å². The number of aromatic hydroxyl groups is 1. The zero-order chi connectivity index (χ0) is 21.6. The second-order valence-corrected chi connectivity index (χ2v) is 7.54. The maximum Gasteiger partial charge on any atom is 0.258 e. The molecule has 3 aromatic rings. The van der Waals surface area contributed by atoms with Crippen LogP contribution in [0.15, 0.2) is 65.6 Å². The summed E-state index contributed by atoms with van der Waals surface area (Å²) in [5, 5.41) is 9.43. The van der Waals surface area contributed by atoms with Crippen molar-refractivity contribution in [3.8, 4) is 22.9 Å². The van der Waals surface area contributed by atoms with Gasteiger partial charge in [0, 0.05) is 24.5 Å². The first-order chi connectivity index (χ1) is 15.1. The number of phenols is 1. The molecule has 31 heavy (non-hydrogen) atoms. The maximum absolute atomic E-state index is 13.1. The molecule has 0 aliphatic carbocycles. The van der Waals surface area contributed by atoms with Crippen LogP contribution in [-0.2, 0) is 6.61 Å². The second kappa shape index (κ2) is 9.66. The van der Waals surface area contributed by atoms with Gasteiger partial charge in [0.2, 0.25) is 0 Å². The molecule has 1 fully saturated rings. The van der Waals surface area contributed by atoms with Crippen molar-refractivity contribution in [3.05, 3.63) is 82.5 Å². The molecule has 2 heterocycles. The molecule has 7 heteroatoms. The zero-order valence-electron chi connectivity index (χ0n) is 17.2. The van der Waals surface area contributed by atoms with Crippen molar-refractivity contribution in [1.29, 1.82) is 0 Å². The van der Waals surface area contributed by atoms with E-state index < -0.39 is 11.6 Å². The molecule has 162 valence electrons.